The van der Waals surface area contributed by atoms with Gasteiger partial charge in [0.15, 0.2) is 0 Å². The number of hydrogen-bond acceptors (Lipinski definition) is 1. The number of aliphatic carboxylic acids is 1. The Bertz CT molecular complexity index is 719. The molecule has 3 fully saturated rings. The van der Waals surface area contributed by atoms with Gasteiger partial charge in [0.05, 0.1) is 0 Å². The van der Waals surface area contributed by atoms with E-state index >= 15 is 0 Å². The van der Waals surface area contributed by atoms with Crippen molar-refractivity contribution in [2.24, 2.45) is 17.3 Å². The molecule has 0 saturated heterocycles. The zero-order valence-corrected chi connectivity index (χ0v) is 16.4. The van der Waals surface area contributed by atoms with Gasteiger partial charge in [0.25, 0.3) is 0 Å². The molecule has 1 N–H and O–H groups in total. The molecule has 1 aromatic carbocycles. The Hall–Kier alpha value is -1.83. The number of carbonyl (C=O) groups is 1. The van der Waals surface area contributed by atoms with Crippen molar-refractivity contribution in [1.82, 2.24) is 0 Å². The van der Waals surface area contributed by atoms with E-state index in [1.54, 1.807) is 11.1 Å². The molecule has 2 nitrogen and oxygen atoms in total. The third kappa shape index (κ3) is 3.79. The van der Waals surface area contributed by atoms with E-state index in [1.807, 2.05) is 6.08 Å². The number of allylic oxidation sites excluding steroid dienone is 3. The quantitative estimate of drug-likeness (QED) is 0.560. The third-order valence-corrected chi connectivity index (χ3v) is 6.53. The van der Waals surface area contributed by atoms with Crippen molar-refractivity contribution in [3.8, 4) is 0 Å². The summed E-state index contributed by atoms with van der Waals surface area (Å²) in [7, 11) is 0. The smallest absolute Gasteiger partial charge is 0.327 e. The fourth-order valence-electron chi connectivity index (χ4n) is 5.46. The zero-order valence-electron chi connectivity index (χ0n) is 16.4. The molecular weight excluding hydrogens is 320 g/mol. The third-order valence-electron chi connectivity index (χ3n) is 6.53. The van der Waals surface area contributed by atoms with Gasteiger partial charge in [-0.05, 0) is 79.4 Å². The van der Waals surface area contributed by atoms with E-state index in [1.165, 1.54) is 42.9 Å². The molecule has 3 saturated carbocycles. The molecule has 0 aromatic heterocycles. The van der Waals surface area contributed by atoms with Gasteiger partial charge >= 0.3 is 5.97 Å². The number of rotatable bonds is 8. The maximum absolute atomic E-state index is 10.8. The predicted molar refractivity (Wildman–Crippen MR) is 108 cm³/mol. The van der Waals surface area contributed by atoms with Gasteiger partial charge in [0.1, 0.15) is 0 Å². The summed E-state index contributed by atoms with van der Waals surface area (Å²) in [5.41, 5.74) is 6.42. The second-order valence-electron chi connectivity index (χ2n) is 8.43. The summed E-state index contributed by atoms with van der Waals surface area (Å²) in [6, 6.07) is 8.87. The Kier molecular flexibility index (Phi) is 5.70. The molecule has 26 heavy (non-hydrogen) atoms. The molecule has 0 spiro atoms. The highest BCUT2D eigenvalue weighted by molar-refractivity contribution is 5.79. The lowest BCUT2D eigenvalue weighted by molar-refractivity contribution is -0.131. The fourth-order valence-corrected chi connectivity index (χ4v) is 5.46. The van der Waals surface area contributed by atoms with Crippen molar-refractivity contribution >= 4 is 11.5 Å². The maximum Gasteiger partial charge on any atom is 0.327 e. The van der Waals surface area contributed by atoms with Crippen LogP contribution in [0.25, 0.3) is 5.57 Å². The summed E-state index contributed by atoms with van der Waals surface area (Å²) < 4.78 is 0. The van der Waals surface area contributed by atoms with Gasteiger partial charge in [0, 0.05) is 6.08 Å². The summed E-state index contributed by atoms with van der Waals surface area (Å²) in [4.78, 5) is 10.8. The van der Waals surface area contributed by atoms with Gasteiger partial charge in [-0.2, -0.15) is 0 Å². The van der Waals surface area contributed by atoms with Crippen LogP contribution in [-0.4, -0.2) is 11.1 Å². The van der Waals surface area contributed by atoms with Gasteiger partial charge in [0.2, 0.25) is 0 Å². The van der Waals surface area contributed by atoms with E-state index in [2.05, 4.69) is 45.0 Å². The lowest BCUT2D eigenvalue weighted by Gasteiger charge is -2.39. The van der Waals surface area contributed by atoms with E-state index in [0.717, 1.165) is 19.3 Å². The molecule has 4 rings (SSSR count). The molecule has 1 atom stereocenters. The van der Waals surface area contributed by atoms with Crippen molar-refractivity contribution in [1.29, 1.82) is 0 Å². The molecule has 2 bridgehead atoms. The molecule has 0 heterocycles. The molecule has 1 unspecified atom stereocenters. The van der Waals surface area contributed by atoms with Crippen LogP contribution in [0.15, 0.2) is 42.0 Å². The number of carboxylic acid groups (broad SMARTS) is 1. The fraction of sp³-hybridized carbons (Fsp3) is 0.542. The summed E-state index contributed by atoms with van der Waals surface area (Å²) in [6.45, 7) is 6.84. The number of fused-ring (bicyclic) bond motifs is 1. The Morgan fingerprint density at radius 3 is 2.62 bits per heavy atom. The summed E-state index contributed by atoms with van der Waals surface area (Å²) in [6.07, 6.45) is 11.6. The van der Waals surface area contributed by atoms with E-state index in [9.17, 15) is 4.79 Å². The van der Waals surface area contributed by atoms with E-state index < -0.39 is 5.97 Å². The van der Waals surface area contributed by atoms with Crippen LogP contribution in [0, 0.1) is 17.3 Å². The number of carboxylic acids is 1. The number of benzene rings is 1. The molecule has 1 aromatic rings. The normalized spacial score (nSPS) is 28.1. The van der Waals surface area contributed by atoms with Crippen molar-refractivity contribution in [3.05, 3.63) is 53.1 Å². The number of hydrogen-bond donors (Lipinski definition) is 1. The van der Waals surface area contributed by atoms with Gasteiger partial charge in [-0.1, -0.05) is 56.2 Å². The summed E-state index contributed by atoms with van der Waals surface area (Å²) in [5.74, 6) is 0.355. The van der Waals surface area contributed by atoms with E-state index in [4.69, 9.17) is 5.11 Å². The highest BCUT2D eigenvalue weighted by atomic mass is 16.4. The Balaban J connectivity index is 1.80. The number of aryl methyl sites for hydroxylation is 1. The van der Waals surface area contributed by atoms with Crippen LogP contribution in [0.3, 0.4) is 0 Å². The van der Waals surface area contributed by atoms with Crippen LogP contribution in [0.4, 0.5) is 0 Å². The Morgan fingerprint density at radius 2 is 1.96 bits per heavy atom. The van der Waals surface area contributed by atoms with Crippen molar-refractivity contribution in [2.45, 2.75) is 65.7 Å². The van der Waals surface area contributed by atoms with Crippen molar-refractivity contribution < 1.29 is 9.90 Å². The largest absolute Gasteiger partial charge is 0.478 e. The first-order chi connectivity index (χ1) is 12.5. The minimum absolute atomic E-state index is 0.419. The molecule has 2 heteroatoms. The second kappa shape index (κ2) is 7.82. The lowest BCUT2D eigenvalue weighted by atomic mass is 9.65. The van der Waals surface area contributed by atoms with Crippen LogP contribution in [0.1, 0.15) is 70.4 Å². The predicted octanol–water partition coefficient (Wildman–Crippen LogP) is 6.27. The SMILES string of the molecule is CCC/C(=C(/C)CC12CC(/C=C/C(=O)O)C(C1)C2)c1ccccc1CC. The molecule has 3 aliphatic rings. The molecule has 0 amide bonds. The average molecular weight is 353 g/mol. The molecule has 140 valence electrons. The van der Waals surface area contributed by atoms with Gasteiger partial charge in [-0.25, -0.2) is 4.79 Å². The molecule has 0 aliphatic heterocycles. The van der Waals surface area contributed by atoms with Crippen molar-refractivity contribution in [3.63, 3.8) is 0 Å². The van der Waals surface area contributed by atoms with Gasteiger partial charge in [-0.3, -0.25) is 0 Å². The van der Waals surface area contributed by atoms with Crippen molar-refractivity contribution in [2.75, 3.05) is 0 Å². The van der Waals surface area contributed by atoms with Crippen LogP contribution < -0.4 is 0 Å². The van der Waals surface area contributed by atoms with Crippen LogP contribution in [-0.2, 0) is 11.2 Å². The standard InChI is InChI=1S/C24H32O2/c1-4-8-21(22-10-7-6-9-18(22)5-2)17(3)13-24-14-19(11-12-23(25)26)20(15-24)16-24/h6-7,9-12,19-20H,4-5,8,13-16H2,1-3H3,(H,25,26)/b12-11+,21-17+. The highest BCUT2D eigenvalue weighted by Gasteiger charge is 2.54. The first-order valence-corrected chi connectivity index (χ1v) is 10.2. The highest BCUT2D eigenvalue weighted by Crippen LogP contribution is 2.65. The first-order valence-electron chi connectivity index (χ1n) is 10.2. The molecular formula is C24H32O2. The monoisotopic (exact) mass is 352 g/mol. The zero-order chi connectivity index (χ0) is 18.7. The van der Waals surface area contributed by atoms with Crippen LogP contribution in [0.2, 0.25) is 0 Å². The van der Waals surface area contributed by atoms with Gasteiger partial charge in [-0.15, -0.1) is 0 Å². The molecule has 3 aliphatic carbocycles. The van der Waals surface area contributed by atoms with E-state index in [-0.39, 0.29) is 0 Å². The lowest BCUT2D eigenvalue weighted by Crippen LogP contribution is -2.28. The summed E-state index contributed by atoms with van der Waals surface area (Å²) in [5, 5.41) is 8.90. The minimum Gasteiger partial charge on any atom is -0.478 e. The van der Waals surface area contributed by atoms with Crippen LogP contribution in [0.5, 0.6) is 0 Å². The Morgan fingerprint density at radius 1 is 1.23 bits per heavy atom. The Labute approximate surface area is 158 Å². The maximum atomic E-state index is 10.8. The topological polar surface area (TPSA) is 37.3 Å². The molecule has 0 radical (unpaired) electrons. The van der Waals surface area contributed by atoms with Gasteiger partial charge < -0.3 is 5.11 Å². The van der Waals surface area contributed by atoms with E-state index in [0.29, 0.717) is 17.3 Å². The second-order valence-corrected chi connectivity index (χ2v) is 8.43. The first kappa shape index (κ1) is 18.9. The average Bonchev–Trinajstić information content (AvgIpc) is 3.12. The van der Waals surface area contributed by atoms with Crippen LogP contribution >= 0.6 is 0 Å². The minimum atomic E-state index is -0.819. The summed E-state index contributed by atoms with van der Waals surface area (Å²) >= 11 is 0.